The summed E-state index contributed by atoms with van der Waals surface area (Å²) in [5, 5.41) is 0. The summed E-state index contributed by atoms with van der Waals surface area (Å²) in [7, 11) is 0. The van der Waals surface area contributed by atoms with Crippen LogP contribution in [0.1, 0.15) is 39.5 Å². The average molecular weight is 168 g/mol. The second-order valence-corrected chi connectivity index (χ2v) is 4.49. The van der Waals surface area contributed by atoms with Gasteiger partial charge in [0.2, 0.25) is 0 Å². The third kappa shape index (κ3) is 1.13. The fourth-order valence-electron chi connectivity index (χ4n) is 3.01. The number of hydrogen-bond acceptors (Lipinski definition) is 2. The molecule has 0 N–H and O–H groups in total. The predicted octanol–water partition coefficient (Wildman–Crippen LogP) is 2.13. The molecule has 12 heavy (non-hydrogen) atoms. The molecule has 2 bridgehead atoms. The van der Waals surface area contributed by atoms with Crippen molar-refractivity contribution in [1.82, 2.24) is 0 Å². The van der Waals surface area contributed by atoms with Crippen molar-refractivity contribution >= 4 is 5.97 Å². The molecule has 0 aromatic heterocycles. The van der Waals surface area contributed by atoms with Crippen LogP contribution in [0.3, 0.4) is 0 Å². The van der Waals surface area contributed by atoms with E-state index in [4.69, 9.17) is 4.74 Å². The molecule has 2 saturated carbocycles. The minimum absolute atomic E-state index is 0.116. The number of esters is 1. The molecule has 3 atom stereocenters. The molecule has 2 fully saturated rings. The minimum Gasteiger partial charge on any atom is -0.459 e. The third-order valence-corrected chi connectivity index (χ3v) is 3.48. The topological polar surface area (TPSA) is 26.3 Å². The smallest absolute Gasteiger partial charge is 0.303 e. The molecule has 0 aromatic carbocycles. The minimum atomic E-state index is -0.120. The number of carbonyl (C=O) groups excluding carboxylic acids is 1. The van der Waals surface area contributed by atoms with Gasteiger partial charge in [-0.25, -0.2) is 0 Å². The molecule has 0 heterocycles. The number of hydrogen-bond donors (Lipinski definition) is 0. The van der Waals surface area contributed by atoms with Crippen LogP contribution in [0.4, 0.5) is 0 Å². The van der Waals surface area contributed by atoms with Crippen LogP contribution in [0.15, 0.2) is 0 Å². The van der Waals surface area contributed by atoms with Gasteiger partial charge in [0, 0.05) is 6.92 Å². The Hall–Kier alpha value is -0.530. The SMILES string of the molecule is CC(=O)O[C@]1(C)C[C@H]2CC[C@H]1C2. The Morgan fingerprint density at radius 3 is 2.67 bits per heavy atom. The lowest BCUT2D eigenvalue weighted by atomic mass is 9.86. The van der Waals surface area contributed by atoms with Crippen molar-refractivity contribution in [2.75, 3.05) is 0 Å². The monoisotopic (exact) mass is 168 g/mol. The summed E-state index contributed by atoms with van der Waals surface area (Å²) in [4.78, 5) is 10.9. The third-order valence-electron chi connectivity index (χ3n) is 3.48. The molecule has 0 unspecified atom stereocenters. The molecular weight excluding hydrogens is 152 g/mol. The Bertz CT molecular complexity index is 212. The highest BCUT2D eigenvalue weighted by molar-refractivity contribution is 5.66. The van der Waals surface area contributed by atoms with Gasteiger partial charge in [-0.15, -0.1) is 0 Å². The van der Waals surface area contributed by atoms with E-state index < -0.39 is 0 Å². The Morgan fingerprint density at radius 1 is 1.50 bits per heavy atom. The van der Waals surface area contributed by atoms with Crippen LogP contribution in [0.2, 0.25) is 0 Å². The van der Waals surface area contributed by atoms with Gasteiger partial charge in [-0.05, 0) is 44.4 Å². The van der Waals surface area contributed by atoms with Gasteiger partial charge < -0.3 is 4.74 Å². The van der Waals surface area contributed by atoms with Crippen LogP contribution in [0.5, 0.6) is 0 Å². The van der Waals surface area contributed by atoms with Gasteiger partial charge in [0.15, 0.2) is 0 Å². The van der Waals surface area contributed by atoms with Crippen molar-refractivity contribution in [2.45, 2.75) is 45.1 Å². The Morgan fingerprint density at radius 2 is 2.25 bits per heavy atom. The van der Waals surface area contributed by atoms with E-state index in [2.05, 4.69) is 6.92 Å². The highest BCUT2D eigenvalue weighted by atomic mass is 16.6. The fraction of sp³-hybridized carbons (Fsp3) is 0.900. The van der Waals surface area contributed by atoms with E-state index in [1.54, 1.807) is 0 Å². The van der Waals surface area contributed by atoms with Gasteiger partial charge in [0.25, 0.3) is 0 Å². The van der Waals surface area contributed by atoms with Crippen molar-refractivity contribution in [3.8, 4) is 0 Å². The maximum Gasteiger partial charge on any atom is 0.303 e. The van der Waals surface area contributed by atoms with Crippen LogP contribution in [-0.2, 0) is 9.53 Å². The summed E-state index contributed by atoms with van der Waals surface area (Å²) in [5.74, 6) is 1.36. The highest BCUT2D eigenvalue weighted by Gasteiger charge is 2.50. The van der Waals surface area contributed by atoms with Crippen LogP contribution in [-0.4, -0.2) is 11.6 Å². The zero-order valence-electron chi connectivity index (χ0n) is 7.80. The van der Waals surface area contributed by atoms with E-state index in [9.17, 15) is 4.79 Å². The molecule has 2 rings (SSSR count). The maximum absolute atomic E-state index is 10.9. The summed E-state index contributed by atoms with van der Waals surface area (Å²) >= 11 is 0. The van der Waals surface area contributed by atoms with E-state index in [1.165, 1.54) is 26.2 Å². The number of rotatable bonds is 1. The van der Waals surface area contributed by atoms with Gasteiger partial charge in [-0.2, -0.15) is 0 Å². The van der Waals surface area contributed by atoms with Crippen molar-refractivity contribution in [3.05, 3.63) is 0 Å². The normalized spacial score (nSPS) is 44.8. The Kier molecular flexibility index (Phi) is 1.67. The van der Waals surface area contributed by atoms with E-state index in [1.807, 2.05) is 0 Å². The first-order chi connectivity index (χ1) is 5.60. The first-order valence-electron chi connectivity index (χ1n) is 4.80. The number of fused-ring (bicyclic) bond motifs is 2. The number of carbonyl (C=O) groups is 1. The molecule has 0 aliphatic heterocycles. The van der Waals surface area contributed by atoms with Gasteiger partial charge in [-0.3, -0.25) is 4.79 Å². The molecule has 2 heteroatoms. The molecular formula is C10H16O2. The first kappa shape index (κ1) is 8.09. The Balaban J connectivity index is 2.07. The average Bonchev–Trinajstić information content (AvgIpc) is 2.42. The van der Waals surface area contributed by atoms with Crippen molar-refractivity contribution in [2.24, 2.45) is 11.8 Å². The van der Waals surface area contributed by atoms with Crippen molar-refractivity contribution in [3.63, 3.8) is 0 Å². The molecule has 2 nitrogen and oxygen atoms in total. The van der Waals surface area contributed by atoms with Gasteiger partial charge in [0.1, 0.15) is 5.60 Å². The molecule has 0 aromatic rings. The molecule has 0 saturated heterocycles. The summed E-state index contributed by atoms with van der Waals surface area (Å²) in [6.45, 7) is 3.61. The van der Waals surface area contributed by atoms with E-state index in [0.717, 1.165) is 12.3 Å². The van der Waals surface area contributed by atoms with Gasteiger partial charge in [-0.1, -0.05) is 0 Å². The molecule has 68 valence electrons. The van der Waals surface area contributed by atoms with E-state index in [-0.39, 0.29) is 11.6 Å². The first-order valence-corrected chi connectivity index (χ1v) is 4.80. The molecule has 0 spiro atoms. The summed E-state index contributed by atoms with van der Waals surface area (Å²) in [6.07, 6.45) is 4.98. The fourth-order valence-corrected chi connectivity index (χ4v) is 3.01. The Labute approximate surface area is 73.3 Å². The molecule has 2 aliphatic rings. The van der Waals surface area contributed by atoms with E-state index >= 15 is 0 Å². The van der Waals surface area contributed by atoms with Crippen molar-refractivity contribution in [1.29, 1.82) is 0 Å². The van der Waals surface area contributed by atoms with Crippen LogP contribution < -0.4 is 0 Å². The zero-order valence-corrected chi connectivity index (χ0v) is 7.80. The standard InChI is InChI=1S/C10H16O2/c1-7(11)12-10(2)6-8-3-4-9(10)5-8/h8-9H,3-6H2,1-2H3/t8-,9-,10+/m0/s1. The second-order valence-electron chi connectivity index (χ2n) is 4.49. The van der Waals surface area contributed by atoms with Gasteiger partial charge >= 0.3 is 5.97 Å². The second kappa shape index (κ2) is 2.48. The maximum atomic E-state index is 10.9. The lowest BCUT2D eigenvalue weighted by Gasteiger charge is -2.33. The predicted molar refractivity (Wildman–Crippen MR) is 45.6 cm³/mol. The largest absolute Gasteiger partial charge is 0.459 e. The summed E-state index contributed by atoms with van der Waals surface area (Å²) < 4.78 is 5.39. The lowest BCUT2D eigenvalue weighted by Crippen LogP contribution is -2.36. The number of ether oxygens (including phenoxy) is 1. The molecule has 0 radical (unpaired) electrons. The zero-order chi connectivity index (χ0) is 8.77. The summed E-state index contributed by atoms with van der Waals surface area (Å²) in [5.41, 5.74) is -0.116. The van der Waals surface area contributed by atoms with Crippen LogP contribution in [0, 0.1) is 11.8 Å². The van der Waals surface area contributed by atoms with Crippen molar-refractivity contribution < 1.29 is 9.53 Å². The van der Waals surface area contributed by atoms with E-state index in [0.29, 0.717) is 5.92 Å². The quantitative estimate of drug-likeness (QED) is 0.561. The molecule has 2 aliphatic carbocycles. The van der Waals surface area contributed by atoms with Crippen LogP contribution in [0.25, 0.3) is 0 Å². The molecule has 0 amide bonds. The lowest BCUT2D eigenvalue weighted by molar-refractivity contribution is -0.160. The van der Waals surface area contributed by atoms with Crippen LogP contribution >= 0.6 is 0 Å². The highest BCUT2D eigenvalue weighted by Crippen LogP contribution is 2.52. The van der Waals surface area contributed by atoms with Gasteiger partial charge in [0.05, 0.1) is 0 Å². The summed E-state index contributed by atoms with van der Waals surface area (Å²) in [6, 6.07) is 0.